The highest BCUT2D eigenvalue weighted by Gasteiger charge is 2.30. The number of rotatable bonds is 24. The summed E-state index contributed by atoms with van der Waals surface area (Å²) in [5.41, 5.74) is 0.0273. The Bertz CT molecular complexity index is 1560. The Hall–Kier alpha value is -5.34. The number of allylic oxidation sites excluding steroid dienone is 3. The molecular formula is C43H61F3N2O10. The molecule has 0 bridgehead atoms. The number of nitrogens with one attached hydrogen (secondary N) is 1. The number of carbonyl (C=O) groups is 3. The van der Waals surface area contributed by atoms with Crippen LogP contribution in [0.2, 0.25) is 0 Å². The second-order valence-corrected chi connectivity index (χ2v) is 12.8. The van der Waals surface area contributed by atoms with Gasteiger partial charge in [0.2, 0.25) is 6.41 Å². The van der Waals surface area contributed by atoms with Crippen LogP contribution >= 0.6 is 0 Å². The van der Waals surface area contributed by atoms with Gasteiger partial charge in [-0.3, -0.25) is 9.59 Å². The number of carbonyl (C=O) groups excluding carboxylic acids is 3. The summed E-state index contributed by atoms with van der Waals surface area (Å²) in [7, 11) is 1.41. The van der Waals surface area contributed by atoms with Crippen LogP contribution in [0.15, 0.2) is 72.8 Å². The van der Waals surface area contributed by atoms with Crippen molar-refractivity contribution in [3.05, 3.63) is 94.1 Å². The van der Waals surface area contributed by atoms with Crippen LogP contribution in [0, 0.1) is 22.0 Å². The summed E-state index contributed by atoms with van der Waals surface area (Å²) in [5.74, 6) is 0.814. The van der Waals surface area contributed by atoms with E-state index in [-0.39, 0.29) is 37.6 Å². The molecular weight excluding hydrogens is 761 g/mol. The Balaban J connectivity index is 0.000000985. The molecule has 0 saturated heterocycles. The second-order valence-electron chi connectivity index (χ2n) is 12.8. The molecule has 1 N–H and O–H groups in total. The molecule has 0 aliphatic heterocycles. The molecule has 0 radical (unpaired) electrons. The van der Waals surface area contributed by atoms with Gasteiger partial charge >= 0.3 is 18.1 Å². The normalized spacial score (nSPS) is 12.7. The number of amides is 1. The summed E-state index contributed by atoms with van der Waals surface area (Å²) in [6.45, 7) is 12.6. The molecule has 12 nitrogen and oxygen atoms in total. The zero-order chi connectivity index (χ0) is 43.8. The molecule has 58 heavy (non-hydrogen) atoms. The lowest BCUT2D eigenvalue weighted by Gasteiger charge is -2.17. The minimum Gasteiger partial charge on any atom is -0.493 e. The molecule has 0 aliphatic rings. The molecule has 0 spiro atoms. The molecule has 0 aliphatic carbocycles. The molecule has 0 heterocycles. The predicted octanol–water partition coefficient (Wildman–Crippen LogP) is 10.1. The number of halogens is 3. The third-order valence-corrected chi connectivity index (χ3v) is 8.35. The fourth-order valence-electron chi connectivity index (χ4n) is 4.79. The van der Waals surface area contributed by atoms with E-state index in [0.29, 0.717) is 42.6 Å². The lowest BCUT2D eigenvalue weighted by molar-refractivity contribution is -0.757. The minimum absolute atomic E-state index is 0.00690. The van der Waals surface area contributed by atoms with E-state index >= 15 is 0 Å². The molecule has 324 valence electrons. The van der Waals surface area contributed by atoms with Gasteiger partial charge in [0.15, 0.2) is 11.5 Å². The monoisotopic (exact) mass is 822 g/mol. The van der Waals surface area contributed by atoms with E-state index in [1.165, 1.54) is 45.4 Å². The minimum atomic E-state index is -4.33. The van der Waals surface area contributed by atoms with Crippen molar-refractivity contribution in [1.29, 1.82) is 0 Å². The summed E-state index contributed by atoms with van der Waals surface area (Å²) in [4.78, 5) is 47.8. The number of unbranched alkanes of at least 4 members (excludes halogenated alkanes) is 2. The predicted molar refractivity (Wildman–Crippen MR) is 218 cm³/mol. The van der Waals surface area contributed by atoms with Gasteiger partial charge in [-0.2, -0.15) is 13.2 Å². The number of methoxy groups -OCH3 is 1. The highest BCUT2D eigenvalue weighted by Crippen LogP contribution is 2.31. The van der Waals surface area contributed by atoms with E-state index in [9.17, 15) is 37.7 Å². The van der Waals surface area contributed by atoms with E-state index in [0.717, 1.165) is 25.0 Å². The SMILES string of the molecule is C/C=C\CCCC.CCC(C)C(/C=C/CCOc1cccc(C(F)(F)F)c1)CC.COc1cc(/C=C/COC(=O)CCCO[N+](=O)[O-])ccc1OC(=O)C(C)NC=O. The quantitative estimate of drug-likeness (QED) is 0.0206. The number of benzene rings is 2. The molecule has 15 heteroatoms. The topological polar surface area (TPSA) is 153 Å². The third-order valence-electron chi connectivity index (χ3n) is 8.35. The zero-order valence-corrected chi connectivity index (χ0v) is 34.8. The lowest BCUT2D eigenvalue weighted by Crippen LogP contribution is -2.36. The van der Waals surface area contributed by atoms with E-state index < -0.39 is 34.8 Å². The largest absolute Gasteiger partial charge is 0.493 e. The summed E-state index contributed by atoms with van der Waals surface area (Å²) in [6.07, 6.45) is 15.0. The van der Waals surface area contributed by atoms with E-state index in [4.69, 9.17) is 18.9 Å². The van der Waals surface area contributed by atoms with Crippen molar-refractivity contribution in [2.24, 2.45) is 11.8 Å². The van der Waals surface area contributed by atoms with E-state index in [2.05, 4.69) is 69.1 Å². The highest BCUT2D eigenvalue weighted by atomic mass is 19.4. The van der Waals surface area contributed by atoms with Crippen LogP contribution < -0.4 is 19.5 Å². The molecule has 1 amide bonds. The Labute approximate surface area is 340 Å². The highest BCUT2D eigenvalue weighted by molar-refractivity contribution is 5.80. The number of hydrogen-bond acceptors (Lipinski definition) is 10. The van der Waals surface area contributed by atoms with Crippen molar-refractivity contribution < 1.29 is 56.4 Å². The van der Waals surface area contributed by atoms with Gasteiger partial charge in [-0.25, -0.2) is 4.79 Å². The molecule has 3 atom stereocenters. The van der Waals surface area contributed by atoms with Crippen molar-refractivity contribution in [3.63, 3.8) is 0 Å². The fraction of sp³-hybridized carbons (Fsp3) is 0.512. The van der Waals surface area contributed by atoms with Crippen LogP contribution in [-0.4, -0.2) is 56.4 Å². The second kappa shape index (κ2) is 31.7. The first-order valence-electron chi connectivity index (χ1n) is 19.4. The Morgan fingerprint density at radius 3 is 2.29 bits per heavy atom. The maximum atomic E-state index is 12.6. The van der Waals surface area contributed by atoms with Gasteiger partial charge in [0.1, 0.15) is 18.4 Å². The average molecular weight is 823 g/mol. The average Bonchev–Trinajstić information content (AvgIpc) is 3.20. The van der Waals surface area contributed by atoms with Gasteiger partial charge in [0, 0.05) is 6.42 Å². The number of esters is 2. The first-order chi connectivity index (χ1) is 27.7. The van der Waals surface area contributed by atoms with Crippen LogP contribution in [0.5, 0.6) is 17.2 Å². The Morgan fingerprint density at radius 2 is 1.69 bits per heavy atom. The van der Waals surface area contributed by atoms with E-state index in [1.54, 1.807) is 30.4 Å². The summed E-state index contributed by atoms with van der Waals surface area (Å²) < 4.78 is 58.5. The summed E-state index contributed by atoms with van der Waals surface area (Å²) in [6, 6.07) is 9.01. The first-order valence-corrected chi connectivity index (χ1v) is 19.4. The zero-order valence-electron chi connectivity index (χ0n) is 34.8. The Kier molecular flexibility index (Phi) is 28.8. The van der Waals surface area contributed by atoms with Crippen LogP contribution in [0.3, 0.4) is 0 Å². The van der Waals surface area contributed by atoms with Crippen molar-refractivity contribution in [1.82, 2.24) is 5.32 Å². The molecule has 2 aromatic carbocycles. The van der Waals surface area contributed by atoms with Crippen molar-refractivity contribution in [2.75, 3.05) is 26.9 Å². The van der Waals surface area contributed by atoms with Crippen LogP contribution in [-0.2, 0) is 30.1 Å². The van der Waals surface area contributed by atoms with Crippen molar-refractivity contribution in [3.8, 4) is 17.2 Å². The third kappa shape index (κ3) is 25.0. The van der Waals surface area contributed by atoms with Crippen LogP contribution in [0.1, 0.15) is 104 Å². The summed E-state index contributed by atoms with van der Waals surface area (Å²) in [5, 5.41) is 11.3. The van der Waals surface area contributed by atoms with E-state index in [1.807, 2.05) is 0 Å². The first kappa shape index (κ1) is 52.7. The van der Waals surface area contributed by atoms with Gasteiger partial charge in [-0.15, -0.1) is 10.1 Å². The van der Waals surface area contributed by atoms with Crippen LogP contribution in [0.4, 0.5) is 13.2 Å². The fourth-order valence-corrected chi connectivity index (χ4v) is 4.79. The molecule has 3 unspecified atom stereocenters. The van der Waals surface area contributed by atoms with Gasteiger partial charge in [0.05, 0.1) is 25.9 Å². The molecule has 2 rings (SSSR count). The van der Waals surface area contributed by atoms with Crippen LogP contribution in [0.25, 0.3) is 6.08 Å². The molecule has 0 aromatic heterocycles. The molecule has 0 fully saturated rings. The summed E-state index contributed by atoms with van der Waals surface area (Å²) >= 11 is 0. The smallest absolute Gasteiger partial charge is 0.416 e. The van der Waals surface area contributed by atoms with Crippen molar-refractivity contribution in [2.45, 2.75) is 105 Å². The number of nitrogens with zero attached hydrogens (tertiary/aromatic N) is 1. The number of ether oxygens (including phenoxy) is 4. The van der Waals surface area contributed by atoms with Crippen molar-refractivity contribution >= 4 is 24.4 Å². The van der Waals surface area contributed by atoms with Gasteiger partial charge < -0.3 is 29.1 Å². The lowest BCUT2D eigenvalue weighted by atomic mass is 9.89. The maximum absolute atomic E-state index is 12.6. The molecule has 2 aromatic rings. The van der Waals surface area contributed by atoms with Gasteiger partial charge in [0.25, 0.3) is 5.09 Å². The standard InChI is InChI=1S/C18H25F3O.C18H22N2O9.C7H14/c1-4-14(3)15(5-2)9-6-7-12-22-17-11-8-10-16(13-17)18(19,20)21;1-13(19-12-21)18(23)29-15-8-7-14(11-16(15)26-2)5-3-9-27-17(22)6-4-10-28-20(24)25;1-3-5-7-6-4-2/h6,8-11,13-15H,4-5,7,12H2,1-3H3;3,5,7-8,11-13H,4,6,9-10H2,1-2H3,(H,19,21);3,5H,4,6-7H2,1-2H3/b9-6+;5-3+;5-3-. The molecule has 0 saturated carbocycles. The number of hydrogen-bond donors (Lipinski definition) is 1. The number of alkyl halides is 3. The van der Waals surface area contributed by atoms with Gasteiger partial charge in [-0.1, -0.05) is 89.5 Å². The van der Waals surface area contributed by atoms with Gasteiger partial charge in [-0.05, 0) is 93.3 Å². The Morgan fingerprint density at radius 1 is 0.948 bits per heavy atom. The maximum Gasteiger partial charge on any atom is 0.416 e.